The Labute approximate surface area is 186 Å². The fraction of sp³-hybridized carbons (Fsp3) is 0.333. The standard InChI is InChI=1S/C24H25ClFN3O2/c25-20-6-4-19(5-7-20)22-16-27-23(31-22)10-11-24(30)29-13-1-12-28(14-15-29)17-18-2-8-21(26)9-3-18/h2-9,16H,1,10-15,17H2. The highest BCUT2D eigenvalue weighted by atomic mass is 35.5. The molecule has 2 aromatic carbocycles. The lowest BCUT2D eigenvalue weighted by Gasteiger charge is -2.22. The van der Waals surface area contributed by atoms with Crippen molar-refractivity contribution in [3.63, 3.8) is 0 Å². The van der Waals surface area contributed by atoms with Gasteiger partial charge in [0.25, 0.3) is 0 Å². The smallest absolute Gasteiger partial charge is 0.223 e. The molecule has 0 aliphatic carbocycles. The van der Waals surface area contributed by atoms with Crippen molar-refractivity contribution in [2.75, 3.05) is 26.2 Å². The van der Waals surface area contributed by atoms with E-state index in [2.05, 4.69) is 9.88 Å². The molecule has 4 rings (SSSR count). The molecule has 31 heavy (non-hydrogen) atoms. The van der Waals surface area contributed by atoms with E-state index in [1.165, 1.54) is 12.1 Å². The number of aromatic nitrogens is 1. The molecule has 1 fully saturated rings. The van der Waals surface area contributed by atoms with Crippen LogP contribution in [-0.4, -0.2) is 46.9 Å². The van der Waals surface area contributed by atoms with Gasteiger partial charge in [0.05, 0.1) is 6.20 Å². The Hall–Kier alpha value is -2.70. The van der Waals surface area contributed by atoms with E-state index in [1.807, 2.05) is 29.2 Å². The van der Waals surface area contributed by atoms with Crippen molar-refractivity contribution in [2.24, 2.45) is 0 Å². The van der Waals surface area contributed by atoms with Crippen LogP contribution in [0.5, 0.6) is 0 Å². The summed E-state index contributed by atoms with van der Waals surface area (Å²) in [5.74, 6) is 1.13. The van der Waals surface area contributed by atoms with Crippen LogP contribution >= 0.6 is 11.6 Å². The summed E-state index contributed by atoms with van der Waals surface area (Å²) >= 11 is 5.92. The highest BCUT2D eigenvalue weighted by molar-refractivity contribution is 6.30. The van der Waals surface area contributed by atoms with E-state index in [9.17, 15) is 9.18 Å². The second-order valence-electron chi connectivity index (χ2n) is 7.76. The van der Waals surface area contributed by atoms with E-state index in [4.69, 9.17) is 16.0 Å². The fourth-order valence-corrected chi connectivity index (χ4v) is 3.90. The average molecular weight is 442 g/mol. The van der Waals surface area contributed by atoms with E-state index in [1.54, 1.807) is 18.3 Å². The Kier molecular flexibility index (Phi) is 6.99. The van der Waals surface area contributed by atoms with Crippen LogP contribution in [0.25, 0.3) is 11.3 Å². The molecule has 2 heterocycles. The number of rotatable bonds is 6. The van der Waals surface area contributed by atoms with E-state index in [0.29, 0.717) is 36.1 Å². The molecule has 1 aromatic heterocycles. The average Bonchev–Trinajstić information content (AvgIpc) is 3.13. The summed E-state index contributed by atoms with van der Waals surface area (Å²) < 4.78 is 18.9. The van der Waals surface area contributed by atoms with Crippen LogP contribution in [0.1, 0.15) is 24.3 Å². The minimum atomic E-state index is -0.220. The Morgan fingerprint density at radius 3 is 2.58 bits per heavy atom. The largest absolute Gasteiger partial charge is 0.441 e. The summed E-state index contributed by atoms with van der Waals surface area (Å²) in [4.78, 5) is 21.3. The minimum absolute atomic E-state index is 0.120. The molecule has 0 saturated carbocycles. The van der Waals surface area contributed by atoms with Crippen LogP contribution in [0.4, 0.5) is 4.39 Å². The van der Waals surface area contributed by atoms with Crippen molar-refractivity contribution in [3.8, 4) is 11.3 Å². The van der Waals surface area contributed by atoms with Crippen LogP contribution < -0.4 is 0 Å². The molecule has 0 radical (unpaired) electrons. The zero-order chi connectivity index (χ0) is 21.6. The van der Waals surface area contributed by atoms with Crippen LogP contribution in [0, 0.1) is 5.82 Å². The van der Waals surface area contributed by atoms with Gasteiger partial charge < -0.3 is 9.32 Å². The van der Waals surface area contributed by atoms with Gasteiger partial charge in [0, 0.05) is 56.2 Å². The molecule has 0 unspecified atom stereocenters. The Balaban J connectivity index is 1.26. The van der Waals surface area contributed by atoms with Gasteiger partial charge in [-0.1, -0.05) is 23.7 Å². The summed E-state index contributed by atoms with van der Waals surface area (Å²) in [6, 6.07) is 14.0. The zero-order valence-corrected chi connectivity index (χ0v) is 18.0. The lowest BCUT2D eigenvalue weighted by Crippen LogP contribution is -2.35. The molecule has 3 aromatic rings. The molecule has 0 spiro atoms. The highest BCUT2D eigenvalue weighted by Crippen LogP contribution is 2.23. The number of halogens is 2. The third-order valence-corrected chi connectivity index (χ3v) is 5.75. The van der Waals surface area contributed by atoms with Crippen LogP contribution in [0.15, 0.2) is 59.1 Å². The van der Waals surface area contributed by atoms with Gasteiger partial charge in [-0.15, -0.1) is 0 Å². The lowest BCUT2D eigenvalue weighted by atomic mass is 10.2. The van der Waals surface area contributed by atoms with Gasteiger partial charge in [0.15, 0.2) is 11.7 Å². The number of carbonyl (C=O) groups is 1. The predicted octanol–water partition coefficient (Wildman–Crippen LogP) is 4.80. The zero-order valence-electron chi connectivity index (χ0n) is 17.3. The highest BCUT2D eigenvalue weighted by Gasteiger charge is 2.20. The molecule has 7 heteroatoms. The van der Waals surface area contributed by atoms with E-state index in [0.717, 1.165) is 43.7 Å². The van der Waals surface area contributed by atoms with Gasteiger partial charge in [-0.3, -0.25) is 9.69 Å². The van der Waals surface area contributed by atoms with E-state index >= 15 is 0 Å². The number of oxazole rings is 1. The first-order valence-electron chi connectivity index (χ1n) is 10.5. The number of carbonyl (C=O) groups excluding carboxylic acids is 1. The van der Waals surface area contributed by atoms with Gasteiger partial charge in [-0.2, -0.15) is 0 Å². The van der Waals surface area contributed by atoms with Gasteiger partial charge in [0.1, 0.15) is 5.82 Å². The summed E-state index contributed by atoms with van der Waals surface area (Å²) in [5.41, 5.74) is 1.99. The van der Waals surface area contributed by atoms with Crippen LogP contribution in [0.2, 0.25) is 5.02 Å². The molecule has 1 amide bonds. The van der Waals surface area contributed by atoms with Crippen molar-refractivity contribution in [2.45, 2.75) is 25.8 Å². The summed E-state index contributed by atoms with van der Waals surface area (Å²) in [7, 11) is 0. The second kappa shape index (κ2) is 10.1. The SMILES string of the molecule is O=C(CCc1ncc(-c2ccc(Cl)cc2)o1)N1CCCN(Cc2ccc(F)cc2)CC1. The van der Waals surface area contributed by atoms with Crippen molar-refractivity contribution >= 4 is 17.5 Å². The van der Waals surface area contributed by atoms with Crippen molar-refractivity contribution in [1.82, 2.24) is 14.8 Å². The first-order valence-corrected chi connectivity index (χ1v) is 10.9. The molecule has 5 nitrogen and oxygen atoms in total. The van der Waals surface area contributed by atoms with Crippen LogP contribution in [-0.2, 0) is 17.8 Å². The molecular formula is C24H25ClFN3O2. The number of amides is 1. The van der Waals surface area contributed by atoms with Gasteiger partial charge in [-0.05, 0) is 48.4 Å². The van der Waals surface area contributed by atoms with Crippen molar-refractivity contribution in [1.29, 1.82) is 0 Å². The van der Waals surface area contributed by atoms with Crippen molar-refractivity contribution in [3.05, 3.63) is 77.0 Å². The maximum Gasteiger partial charge on any atom is 0.223 e. The third kappa shape index (κ3) is 5.93. The third-order valence-electron chi connectivity index (χ3n) is 5.50. The molecule has 0 bridgehead atoms. The number of aryl methyl sites for hydroxylation is 1. The number of benzene rings is 2. The quantitative estimate of drug-likeness (QED) is 0.551. The lowest BCUT2D eigenvalue weighted by molar-refractivity contribution is -0.131. The molecule has 0 N–H and O–H groups in total. The first-order chi connectivity index (χ1) is 15.1. The maximum absolute atomic E-state index is 13.1. The predicted molar refractivity (Wildman–Crippen MR) is 118 cm³/mol. The summed E-state index contributed by atoms with van der Waals surface area (Å²) in [6.45, 7) is 3.95. The molecule has 162 valence electrons. The second-order valence-corrected chi connectivity index (χ2v) is 8.20. The molecule has 1 aliphatic heterocycles. The van der Waals surface area contributed by atoms with Crippen molar-refractivity contribution < 1.29 is 13.6 Å². The minimum Gasteiger partial charge on any atom is -0.441 e. The maximum atomic E-state index is 13.1. The normalized spacial score (nSPS) is 15.1. The Bertz CT molecular complexity index is 1000. The Morgan fingerprint density at radius 2 is 1.81 bits per heavy atom. The first kappa shape index (κ1) is 21.5. The molecule has 1 aliphatic rings. The Morgan fingerprint density at radius 1 is 1.03 bits per heavy atom. The summed E-state index contributed by atoms with van der Waals surface area (Å²) in [6.07, 6.45) is 3.45. The monoisotopic (exact) mass is 441 g/mol. The molecule has 0 atom stereocenters. The van der Waals surface area contributed by atoms with Gasteiger partial charge in [0.2, 0.25) is 5.91 Å². The van der Waals surface area contributed by atoms with Crippen LogP contribution in [0.3, 0.4) is 0 Å². The number of hydrogen-bond donors (Lipinski definition) is 0. The number of nitrogens with zero attached hydrogens (tertiary/aromatic N) is 3. The van der Waals surface area contributed by atoms with Gasteiger partial charge in [-0.25, -0.2) is 9.37 Å². The van der Waals surface area contributed by atoms with E-state index in [-0.39, 0.29) is 11.7 Å². The summed E-state index contributed by atoms with van der Waals surface area (Å²) in [5, 5.41) is 0.669. The van der Waals surface area contributed by atoms with E-state index < -0.39 is 0 Å². The fourth-order valence-electron chi connectivity index (χ4n) is 3.77. The molecular weight excluding hydrogens is 417 g/mol. The number of hydrogen-bond acceptors (Lipinski definition) is 4. The molecule has 1 saturated heterocycles. The topological polar surface area (TPSA) is 49.6 Å². The van der Waals surface area contributed by atoms with Gasteiger partial charge >= 0.3 is 0 Å².